The second-order valence-electron chi connectivity index (χ2n) is 5.87. The molecule has 20 heavy (non-hydrogen) atoms. The van der Waals surface area contributed by atoms with Gasteiger partial charge in [0.25, 0.3) is 5.56 Å². The molecule has 0 aliphatic carbocycles. The van der Waals surface area contributed by atoms with Crippen LogP contribution >= 0.6 is 0 Å². The summed E-state index contributed by atoms with van der Waals surface area (Å²) in [5.74, 6) is 1.29. The van der Waals surface area contributed by atoms with Gasteiger partial charge in [0, 0.05) is 38.6 Å². The van der Waals surface area contributed by atoms with E-state index < -0.39 is 0 Å². The molecular formula is C15H26N4O. The highest BCUT2D eigenvalue weighted by Gasteiger charge is 2.22. The fourth-order valence-electron chi connectivity index (χ4n) is 2.55. The molecule has 1 aromatic heterocycles. The van der Waals surface area contributed by atoms with E-state index in [0.717, 1.165) is 26.1 Å². The summed E-state index contributed by atoms with van der Waals surface area (Å²) >= 11 is 0. The Kier molecular flexibility index (Phi) is 5.17. The number of aromatic nitrogens is 2. The van der Waals surface area contributed by atoms with E-state index in [1.807, 2.05) is 0 Å². The molecule has 2 rings (SSSR count). The van der Waals surface area contributed by atoms with Gasteiger partial charge in [-0.15, -0.1) is 0 Å². The average molecular weight is 278 g/mol. The van der Waals surface area contributed by atoms with Gasteiger partial charge in [0.2, 0.25) is 0 Å². The van der Waals surface area contributed by atoms with Crippen LogP contribution in [0.25, 0.3) is 0 Å². The van der Waals surface area contributed by atoms with Crippen LogP contribution in [0.4, 0.5) is 5.82 Å². The lowest BCUT2D eigenvalue weighted by Gasteiger charge is -2.34. The quantitative estimate of drug-likeness (QED) is 0.884. The lowest BCUT2D eigenvalue weighted by atomic mass is 10.0. The highest BCUT2D eigenvalue weighted by molar-refractivity contribution is 5.36. The van der Waals surface area contributed by atoms with Gasteiger partial charge in [-0.05, 0) is 25.3 Å². The lowest BCUT2D eigenvalue weighted by molar-refractivity contribution is 0.385. The van der Waals surface area contributed by atoms with Crippen LogP contribution in [0.1, 0.15) is 33.1 Å². The SMILES string of the molecule is CCC(C)CNC1CCCN(c2nccn(C)c2=O)C1. The summed E-state index contributed by atoms with van der Waals surface area (Å²) in [5.41, 5.74) is -0.00456. The van der Waals surface area contributed by atoms with Crippen LogP contribution in [-0.2, 0) is 7.05 Å². The molecule has 2 unspecified atom stereocenters. The van der Waals surface area contributed by atoms with Gasteiger partial charge in [-0.25, -0.2) is 4.98 Å². The molecule has 1 fully saturated rings. The first-order chi connectivity index (χ1) is 9.61. The molecule has 112 valence electrons. The maximum Gasteiger partial charge on any atom is 0.293 e. The third-order valence-electron chi connectivity index (χ3n) is 4.17. The number of nitrogens with zero attached hydrogens (tertiary/aromatic N) is 3. The van der Waals surface area contributed by atoms with Gasteiger partial charge in [-0.1, -0.05) is 20.3 Å². The fourth-order valence-corrected chi connectivity index (χ4v) is 2.55. The highest BCUT2D eigenvalue weighted by atomic mass is 16.1. The van der Waals surface area contributed by atoms with Gasteiger partial charge >= 0.3 is 0 Å². The molecule has 0 aromatic carbocycles. The minimum absolute atomic E-state index is 0.00456. The number of hydrogen-bond acceptors (Lipinski definition) is 4. The summed E-state index contributed by atoms with van der Waals surface area (Å²) < 4.78 is 1.60. The topological polar surface area (TPSA) is 50.2 Å². The summed E-state index contributed by atoms with van der Waals surface area (Å²) in [5, 5.41) is 3.63. The molecule has 2 atom stereocenters. The Morgan fingerprint density at radius 3 is 3.10 bits per heavy atom. The Labute approximate surface area is 121 Å². The van der Waals surface area contributed by atoms with Gasteiger partial charge < -0.3 is 14.8 Å². The minimum Gasteiger partial charge on any atom is -0.350 e. The molecule has 0 radical (unpaired) electrons. The van der Waals surface area contributed by atoms with E-state index >= 15 is 0 Å². The molecule has 0 spiro atoms. The van der Waals surface area contributed by atoms with Gasteiger partial charge in [0.05, 0.1) is 0 Å². The van der Waals surface area contributed by atoms with E-state index in [1.165, 1.54) is 12.8 Å². The first-order valence-corrected chi connectivity index (χ1v) is 7.61. The number of piperidine rings is 1. The molecule has 1 aromatic rings. The van der Waals surface area contributed by atoms with Crippen molar-refractivity contribution < 1.29 is 0 Å². The Morgan fingerprint density at radius 2 is 2.35 bits per heavy atom. The summed E-state index contributed by atoms with van der Waals surface area (Å²) in [7, 11) is 1.77. The monoisotopic (exact) mass is 278 g/mol. The molecule has 5 nitrogen and oxygen atoms in total. The second-order valence-corrected chi connectivity index (χ2v) is 5.87. The van der Waals surface area contributed by atoms with Gasteiger partial charge in [0.1, 0.15) is 0 Å². The molecule has 5 heteroatoms. The average Bonchev–Trinajstić information content (AvgIpc) is 2.48. The summed E-state index contributed by atoms with van der Waals surface area (Å²) in [6, 6.07) is 0.462. The van der Waals surface area contributed by atoms with Crippen LogP contribution in [0.3, 0.4) is 0 Å². The van der Waals surface area contributed by atoms with Crippen molar-refractivity contribution in [2.24, 2.45) is 13.0 Å². The van der Waals surface area contributed by atoms with Crippen LogP contribution in [0.5, 0.6) is 0 Å². The van der Waals surface area contributed by atoms with Crippen LogP contribution in [0.2, 0.25) is 0 Å². The first kappa shape index (κ1) is 15.0. The molecule has 1 aliphatic rings. The van der Waals surface area contributed by atoms with Crippen LogP contribution < -0.4 is 15.8 Å². The summed E-state index contributed by atoms with van der Waals surface area (Å²) in [4.78, 5) is 18.5. The largest absolute Gasteiger partial charge is 0.350 e. The number of hydrogen-bond donors (Lipinski definition) is 1. The van der Waals surface area contributed by atoms with Crippen LogP contribution in [0.15, 0.2) is 17.2 Å². The highest BCUT2D eigenvalue weighted by Crippen LogP contribution is 2.14. The molecule has 0 saturated carbocycles. The first-order valence-electron chi connectivity index (χ1n) is 7.61. The van der Waals surface area contributed by atoms with Gasteiger partial charge in [-0.2, -0.15) is 0 Å². The van der Waals surface area contributed by atoms with Crippen molar-refractivity contribution >= 4 is 5.82 Å². The van der Waals surface area contributed by atoms with Crippen molar-refractivity contribution in [3.63, 3.8) is 0 Å². The molecule has 0 amide bonds. The molecule has 1 aliphatic heterocycles. The Balaban J connectivity index is 2.00. The zero-order valence-electron chi connectivity index (χ0n) is 12.8. The molecule has 0 bridgehead atoms. The summed E-state index contributed by atoms with van der Waals surface area (Å²) in [6.45, 7) is 7.34. The predicted octanol–water partition coefficient (Wildman–Crippen LogP) is 1.38. The Hall–Kier alpha value is -1.36. The maximum atomic E-state index is 12.1. The molecule has 1 N–H and O–H groups in total. The summed E-state index contributed by atoms with van der Waals surface area (Å²) in [6.07, 6.45) is 6.89. The van der Waals surface area contributed by atoms with E-state index in [4.69, 9.17) is 0 Å². The molecule has 1 saturated heterocycles. The zero-order chi connectivity index (χ0) is 14.5. The van der Waals surface area contributed by atoms with Gasteiger partial charge in [0.15, 0.2) is 5.82 Å². The normalized spacial score (nSPS) is 20.9. The van der Waals surface area contributed by atoms with E-state index in [2.05, 4.69) is 29.0 Å². The lowest BCUT2D eigenvalue weighted by Crippen LogP contribution is -2.48. The Morgan fingerprint density at radius 1 is 1.55 bits per heavy atom. The third kappa shape index (κ3) is 3.60. The number of nitrogens with one attached hydrogen (secondary N) is 1. The van der Waals surface area contributed by atoms with Gasteiger partial charge in [-0.3, -0.25) is 4.79 Å². The maximum absolute atomic E-state index is 12.1. The van der Waals surface area contributed by atoms with Crippen molar-refractivity contribution in [1.82, 2.24) is 14.9 Å². The van der Waals surface area contributed by atoms with Crippen molar-refractivity contribution in [2.75, 3.05) is 24.5 Å². The standard InChI is InChI=1S/C15H26N4O/c1-4-12(2)10-17-13-6-5-8-19(11-13)14-15(20)18(3)9-7-16-14/h7,9,12-13,17H,4-6,8,10-11H2,1-3H3. The van der Waals surface area contributed by atoms with Crippen molar-refractivity contribution in [3.8, 4) is 0 Å². The minimum atomic E-state index is -0.00456. The number of aryl methyl sites for hydroxylation is 1. The third-order valence-corrected chi connectivity index (χ3v) is 4.17. The second kappa shape index (κ2) is 6.88. The zero-order valence-corrected chi connectivity index (χ0v) is 12.8. The fraction of sp³-hybridized carbons (Fsp3) is 0.733. The number of anilines is 1. The van der Waals surface area contributed by atoms with Crippen molar-refractivity contribution in [2.45, 2.75) is 39.2 Å². The van der Waals surface area contributed by atoms with E-state index in [1.54, 1.807) is 24.0 Å². The molecular weight excluding hydrogens is 252 g/mol. The van der Waals surface area contributed by atoms with Crippen LogP contribution in [-0.4, -0.2) is 35.2 Å². The van der Waals surface area contributed by atoms with E-state index in [9.17, 15) is 4.79 Å². The molecule has 2 heterocycles. The van der Waals surface area contributed by atoms with Crippen molar-refractivity contribution in [1.29, 1.82) is 0 Å². The van der Waals surface area contributed by atoms with Crippen molar-refractivity contribution in [3.05, 3.63) is 22.7 Å². The Bertz CT molecular complexity index is 485. The number of rotatable bonds is 5. The smallest absolute Gasteiger partial charge is 0.293 e. The van der Waals surface area contributed by atoms with E-state index in [0.29, 0.717) is 17.8 Å². The predicted molar refractivity (Wildman–Crippen MR) is 82.2 cm³/mol. The van der Waals surface area contributed by atoms with E-state index in [-0.39, 0.29) is 5.56 Å². The van der Waals surface area contributed by atoms with Crippen LogP contribution in [0, 0.1) is 5.92 Å².